The maximum absolute atomic E-state index is 11.2. The second-order valence-corrected chi connectivity index (χ2v) is 17.5. The summed E-state index contributed by atoms with van der Waals surface area (Å²) in [6.07, 6.45) is 39.1. The maximum atomic E-state index is 11.2. The highest BCUT2D eigenvalue weighted by Gasteiger charge is 2.12. The SMILES string of the molecule is CC(C)=CCCC(C)=CCCC(C)=CCCC(C)=CCCC(C)=CCCC(C)=CCCC(C)=CCCC(C)=CCCC(C)=CCc1cc(O)ccc1OS(=O)(=O)O. The van der Waals surface area contributed by atoms with E-state index in [-0.39, 0.29) is 11.5 Å². The molecule has 0 aliphatic rings. The molecule has 0 atom stereocenters. The number of benzene rings is 1. The first-order valence-corrected chi connectivity index (χ1v) is 22.7. The van der Waals surface area contributed by atoms with Crippen molar-refractivity contribution in [1.29, 1.82) is 0 Å². The van der Waals surface area contributed by atoms with Crippen LogP contribution in [0.5, 0.6) is 11.5 Å². The lowest BCUT2D eigenvalue weighted by Gasteiger charge is -2.08. The van der Waals surface area contributed by atoms with Gasteiger partial charge in [-0.25, -0.2) is 0 Å². The number of hydrogen-bond acceptors (Lipinski definition) is 4. The zero-order chi connectivity index (χ0) is 42.6. The summed E-state index contributed by atoms with van der Waals surface area (Å²) in [5.41, 5.74) is 13.4. The van der Waals surface area contributed by atoms with Crippen molar-refractivity contribution in [2.24, 2.45) is 0 Å². The minimum Gasteiger partial charge on any atom is -0.508 e. The van der Waals surface area contributed by atoms with E-state index in [0.717, 1.165) is 95.5 Å². The maximum Gasteiger partial charge on any atom is 0.446 e. The van der Waals surface area contributed by atoms with Crippen molar-refractivity contribution in [3.63, 3.8) is 0 Å². The van der Waals surface area contributed by atoms with Gasteiger partial charge in [0.15, 0.2) is 0 Å². The molecule has 318 valence electrons. The highest BCUT2D eigenvalue weighted by atomic mass is 32.3. The standard InChI is InChI=1S/C51H78O5S/c1-40(2)19-11-20-41(3)21-12-22-42(4)23-13-24-43(5)25-14-26-44(6)27-15-28-45(7)29-16-30-46(8)31-17-32-47(9)33-18-34-48(10)35-36-49-39-50(52)37-38-51(49)56-57(53,54)55/h19,21,23,25,27,29,31,33,35,37-39,52H,11-18,20,22,24,26,28,30,32,34,36H2,1-10H3,(H,53,54,55). The second-order valence-electron chi connectivity index (χ2n) is 16.5. The van der Waals surface area contributed by atoms with Crippen molar-refractivity contribution in [1.82, 2.24) is 0 Å². The van der Waals surface area contributed by atoms with Gasteiger partial charge in [0, 0.05) is 5.56 Å². The molecule has 1 aromatic carbocycles. The predicted molar refractivity (Wildman–Crippen MR) is 247 cm³/mol. The molecule has 0 unspecified atom stereocenters. The zero-order valence-corrected chi connectivity index (χ0v) is 38.3. The number of hydrogen-bond donors (Lipinski definition) is 2. The average molecular weight is 803 g/mol. The van der Waals surface area contributed by atoms with Gasteiger partial charge in [-0.05, 0) is 197 Å². The molecule has 0 saturated heterocycles. The fourth-order valence-electron chi connectivity index (χ4n) is 6.43. The Morgan fingerprint density at radius 2 is 0.754 bits per heavy atom. The number of rotatable bonds is 28. The molecule has 0 amide bonds. The monoisotopic (exact) mass is 803 g/mol. The lowest BCUT2D eigenvalue weighted by Crippen LogP contribution is -2.08. The summed E-state index contributed by atoms with van der Waals surface area (Å²) in [6, 6.07) is 4.10. The Bertz CT molecular complexity index is 1750. The highest BCUT2D eigenvalue weighted by Crippen LogP contribution is 2.26. The van der Waals surface area contributed by atoms with Gasteiger partial charge in [-0.1, -0.05) is 105 Å². The molecule has 0 saturated carbocycles. The van der Waals surface area contributed by atoms with E-state index in [9.17, 15) is 13.5 Å². The van der Waals surface area contributed by atoms with E-state index in [0.29, 0.717) is 12.0 Å². The Kier molecular flexibility index (Phi) is 26.7. The Balaban J connectivity index is 2.31. The van der Waals surface area contributed by atoms with Crippen LogP contribution in [0.4, 0.5) is 0 Å². The molecule has 1 rings (SSSR count). The largest absolute Gasteiger partial charge is 0.508 e. The molecule has 0 fully saturated rings. The van der Waals surface area contributed by atoms with Gasteiger partial charge in [0.2, 0.25) is 0 Å². The van der Waals surface area contributed by atoms with Gasteiger partial charge in [-0.15, -0.1) is 0 Å². The molecule has 0 spiro atoms. The van der Waals surface area contributed by atoms with Gasteiger partial charge in [0.05, 0.1) is 0 Å². The van der Waals surface area contributed by atoms with Gasteiger partial charge >= 0.3 is 10.4 Å². The van der Waals surface area contributed by atoms with Crippen molar-refractivity contribution >= 4 is 10.4 Å². The molecule has 57 heavy (non-hydrogen) atoms. The third-order valence-electron chi connectivity index (χ3n) is 10.2. The average Bonchev–Trinajstić information content (AvgIpc) is 3.11. The van der Waals surface area contributed by atoms with Gasteiger partial charge in [-0.3, -0.25) is 4.55 Å². The van der Waals surface area contributed by atoms with Crippen LogP contribution in [0.25, 0.3) is 0 Å². The molecule has 0 bridgehead atoms. The van der Waals surface area contributed by atoms with Crippen LogP contribution in [0, 0.1) is 0 Å². The van der Waals surface area contributed by atoms with Crippen LogP contribution in [0.3, 0.4) is 0 Å². The Labute approximate surface area is 349 Å². The first kappa shape index (κ1) is 51.4. The Morgan fingerprint density at radius 3 is 1.04 bits per heavy atom. The van der Waals surface area contributed by atoms with Crippen LogP contribution in [0.15, 0.2) is 123 Å². The third-order valence-corrected chi connectivity index (χ3v) is 10.6. The first-order valence-electron chi connectivity index (χ1n) is 21.3. The smallest absolute Gasteiger partial charge is 0.446 e. The minimum atomic E-state index is -4.64. The number of aromatic hydroxyl groups is 1. The highest BCUT2D eigenvalue weighted by molar-refractivity contribution is 7.81. The molecule has 0 aromatic heterocycles. The molecule has 0 aliphatic heterocycles. The zero-order valence-electron chi connectivity index (χ0n) is 37.5. The van der Waals surface area contributed by atoms with E-state index in [2.05, 4.69) is 115 Å². The van der Waals surface area contributed by atoms with Crippen LogP contribution in [0.2, 0.25) is 0 Å². The predicted octanol–water partition coefficient (Wildman–Crippen LogP) is 15.9. The van der Waals surface area contributed by atoms with E-state index in [1.807, 2.05) is 13.0 Å². The lowest BCUT2D eigenvalue weighted by atomic mass is 10.0. The summed E-state index contributed by atoms with van der Waals surface area (Å²) in [5, 5.41) is 9.80. The van der Waals surface area contributed by atoms with E-state index in [1.54, 1.807) is 0 Å². The van der Waals surface area contributed by atoms with E-state index in [1.165, 1.54) is 75.6 Å². The molecule has 0 aliphatic carbocycles. The normalized spacial score (nSPS) is 14.4. The number of allylic oxidation sites excluding steroid dienone is 18. The number of phenols is 1. The quantitative estimate of drug-likeness (QED) is 0.0651. The van der Waals surface area contributed by atoms with E-state index in [4.69, 9.17) is 4.55 Å². The van der Waals surface area contributed by atoms with Crippen molar-refractivity contribution in [3.05, 3.63) is 129 Å². The van der Waals surface area contributed by atoms with Gasteiger partial charge in [-0.2, -0.15) is 8.42 Å². The van der Waals surface area contributed by atoms with Gasteiger partial charge < -0.3 is 9.29 Å². The van der Waals surface area contributed by atoms with Crippen LogP contribution >= 0.6 is 0 Å². The van der Waals surface area contributed by atoms with Gasteiger partial charge in [0.25, 0.3) is 0 Å². The topological polar surface area (TPSA) is 83.8 Å². The van der Waals surface area contributed by atoms with Gasteiger partial charge in [0.1, 0.15) is 11.5 Å². The Morgan fingerprint density at radius 1 is 0.474 bits per heavy atom. The summed E-state index contributed by atoms with van der Waals surface area (Å²) >= 11 is 0. The third kappa shape index (κ3) is 29.3. The fraction of sp³-hybridized carbons (Fsp3) is 0.529. The van der Waals surface area contributed by atoms with Crippen LogP contribution in [-0.2, 0) is 16.8 Å². The molecule has 6 heteroatoms. The lowest BCUT2D eigenvalue weighted by molar-refractivity contribution is 0.384. The summed E-state index contributed by atoms with van der Waals surface area (Å²) in [5.74, 6) is 0.0146. The molecular weight excluding hydrogens is 725 g/mol. The van der Waals surface area contributed by atoms with E-state index < -0.39 is 10.4 Å². The van der Waals surface area contributed by atoms with E-state index >= 15 is 0 Å². The van der Waals surface area contributed by atoms with Crippen LogP contribution in [-0.4, -0.2) is 18.1 Å². The minimum absolute atomic E-state index is 0.00696. The fourth-order valence-corrected chi connectivity index (χ4v) is 6.82. The van der Waals surface area contributed by atoms with Crippen molar-refractivity contribution < 1.29 is 22.3 Å². The van der Waals surface area contributed by atoms with Crippen LogP contribution in [0.1, 0.15) is 178 Å². The molecule has 0 heterocycles. The number of phenolic OH excluding ortho intramolecular Hbond substituents is 1. The van der Waals surface area contributed by atoms with Crippen molar-refractivity contribution in [2.75, 3.05) is 0 Å². The Hall–Kier alpha value is -3.61. The molecule has 2 N–H and O–H groups in total. The molecular formula is C51H78O5S. The van der Waals surface area contributed by atoms with Crippen molar-refractivity contribution in [3.8, 4) is 11.5 Å². The summed E-state index contributed by atoms with van der Waals surface area (Å²) < 4.78 is 36.0. The molecule has 5 nitrogen and oxygen atoms in total. The molecule has 0 radical (unpaired) electrons. The van der Waals surface area contributed by atoms with Crippen molar-refractivity contribution in [2.45, 2.75) is 178 Å². The summed E-state index contributed by atoms with van der Waals surface area (Å²) in [7, 11) is -4.64. The summed E-state index contributed by atoms with van der Waals surface area (Å²) in [4.78, 5) is 0. The molecule has 1 aromatic rings. The first-order chi connectivity index (χ1) is 26.9. The van der Waals surface area contributed by atoms with Crippen LogP contribution < -0.4 is 4.18 Å². The second kappa shape index (κ2) is 29.6. The summed E-state index contributed by atoms with van der Waals surface area (Å²) in [6.45, 7) is 22.2.